The lowest BCUT2D eigenvalue weighted by molar-refractivity contribution is -0.145. The Labute approximate surface area is 98.9 Å². The van der Waals surface area contributed by atoms with E-state index in [9.17, 15) is 4.79 Å². The Morgan fingerprint density at radius 1 is 1.31 bits per heavy atom. The second-order valence-corrected chi connectivity index (χ2v) is 4.77. The zero-order chi connectivity index (χ0) is 12.0. The molecule has 0 aromatic carbocycles. The van der Waals surface area contributed by atoms with Crippen molar-refractivity contribution < 1.29 is 9.53 Å². The van der Waals surface area contributed by atoms with Crippen molar-refractivity contribution in [3.05, 3.63) is 0 Å². The highest BCUT2D eigenvalue weighted by atomic mass is 16.5. The molecule has 1 atom stereocenters. The topological polar surface area (TPSA) is 38.3 Å². The Kier molecular flexibility index (Phi) is 5.81. The molecule has 1 aliphatic rings. The summed E-state index contributed by atoms with van der Waals surface area (Å²) < 4.78 is 4.99. The summed E-state index contributed by atoms with van der Waals surface area (Å²) >= 11 is 0. The monoisotopic (exact) mass is 227 g/mol. The van der Waals surface area contributed by atoms with Gasteiger partial charge in [0.1, 0.15) is 6.04 Å². The van der Waals surface area contributed by atoms with E-state index in [4.69, 9.17) is 4.74 Å². The molecule has 1 aliphatic carbocycles. The van der Waals surface area contributed by atoms with Crippen molar-refractivity contribution in [3.8, 4) is 0 Å². The first-order valence-corrected chi connectivity index (χ1v) is 6.60. The molecular weight excluding hydrogens is 202 g/mol. The van der Waals surface area contributed by atoms with Crippen LogP contribution < -0.4 is 5.32 Å². The molecule has 0 aliphatic heterocycles. The second kappa shape index (κ2) is 6.89. The zero-order valence-corrected chi connectivity index (χ0v) is 10.8. The molecule has 1 rings (SSSR count). The molecule has 0 saturated heterocycles. The fourth-order valence-electron chi connectivity index (χ4n) is 2.43. The summed E-state index contributed by atoms with van der Waals surface area (Å²) in [7, 11) is 0. The van der Waals surface area contributed by atoms with Gasteiger partial charge in [0.25, 0.3) is 0 Å². The number of hydrogen-bond donors (Lipinski definition) is 1. The van der Waals surface area contributed by atoms with E-state index >= 15 is 0 Å². The smallest absolute Gasteiger partial charge is 0.322 e. The number of esters is 1. The predicted molar refractivity (Wildman–Crippen MR) is 65.3 cm³/mol. The predicted octanol–water partition coefficient (Wildman–Crippen LogP) is 2.50. The molecule has 0 bridgehead atoms. The van der Waals surface area contributed by atoms with Gasteiger partial charge in [-0.1, -0.05) is 13.3 Å². The van der Waals surface area contributed by atoms with Crippen LogP contribution in [0.4, 0.5) is 0 Å². The fraction of sp³-hybridized carbons (Fsp3) is 0.923. The van der Waals surface area contributed by atoms with Crippen LogP contribution in [-0.2, 0) is 9.53 Å². The summed E-state index contributed by atoms with van der Waals surface area (Å²) in [5, 5.41) is 3.37. The van der Waals surface area contributed by atoms with Gasteiger partial charge in [-0.15, -0.1) is 0 Å². The van der Waals surface area contributed by atoms with Gasteiger partial charge in [0.05, 0.1) is 6.61 Å². The van der Waals surface area contributed by atoms with Crippen LogP contribution in [0.25, 0.3) is 0 Å². The highest BCUT2D eigenvalue weighted by molar-refractivity contribution is 5.75. The highest BCUT2D eigenvalue weighted by Gasteiger charge is 2.23. The van der Waals surface area contributed by atoms with Gasteiger partial charge in [-0.2, -0.15) is 0 Å². The summed E-state index contributed by atoms with van der Waals surface area (Å²) in [4.78, 5) is 11.5. The molecule has 1 fully saturated rings. The normalized spacial score (nSPS) is 27.4. The van der Waals surface area contributed by atoms with E-state index in [2.05, 4.69) is 12.2 Å². The van der Waals surface area contributed by atoms with Gasteiger partial charge < -0.3 is 10.1 Å². The van der Waals surface area contributed by atoms with Crippen molar-refractivity contribution in [3.63, 3.8) is 0 Å². The minimum absolute atomic E-state index is 0.125. The molecule has 0 amide bonds. The van der Waals surface area contributed by atoms with E-state index < -0.39 is 0 Å². The summed E-state index contributed by atoms with van der Waals surface area (Å²) in [6.45, 7) is 6.47. The molecular formula is C13H25NO2. The molecule has 0 aromatic rings. The van der Waals surface area contributed by atoms with Crippen LogP contribution in [-0.4, -0.2) is 24.7 Å². The summed E-state index contributed by atoms with van der Waals surface area (Å²) in [6, 6.07) is 0.338. The van der Waals surface area contributed by atoms with Crippen LogP contribution >= 0.6 is 0 Å². The molecule has 3 heteroatoms. The standard InChI is InChI=1S/C13H25NO2/c1-4-11-6-8-12(9-7-11)14-10(3)13(15)16-5-2/h10-12,14H,4-9H2,1-3H3. The quantitative estimate of drug-likeness (QED) is 0.733. The van der Waals surface area contributed by atoms with Gasteiger partial charge in [-0.3, -0.25) is 4.79 Å². The second-order valence-electron chi connectivity index (χ2n) is 4.77. The zero-order valence-electron chi connectivity index (χ0n) is 10.8. The number of ether oxygens (including phenoxy) is 1. The number of carbonyl (C=O) groups is 1. The lowest BCUT2D eigenvalue weighted by Gasteiger charge is -2.30. The third-order valence-corrected chi connectivity index (χ3v) is 3.55. The Morgan fingerprint density at radius 3 is 2.44 bits per heavy atom. The van der Waals surface area contributed by atoms with Gasteiger partial charge in [0.15, 0.2) is 0 Å². The average Bonchev–Trinajstić information content (AvgIpc) is 2.30. The number of nitrogens with one attached hydrogen (secondary N) is 1. The molecule has 16 heavy (non-hydrogen) atoms. The third kappa shape index (κ3) is 4.12. The Balaban J connectivity index is 2.25. The van der Waals surface area contributed by atoms with Crippen molar-refractivity contribution in [1.29, 1.82) is 0 Å². The molecule has 0 radical (unpaired) electrons. The van der Waals surface area contributed by atoms with Gasteiger partial charge in [-0.25, -0.2) is 0 Å². The maximum atomic E-state index is 11.5. The van der Waals surface area contributed by atoms with Crippen molar-refractivity contribution in [1.82, 2.24) is 5.32 Å². The van der Waals surface area contributed by atoms with E-state index in [1.165, 1.54) is 32.1 Å². The van der Waals surface area contributed by atoms with Gasteiger partial charge >= 0.3 is 5.97 Å². The Hall–Kier alpha value is -0.570. The summed E-state index contributed by atoms with van der Waals surface area (Å²) in [5.74, 6) is 0.774. The first-order chi connectivity index (χ1) is 7.67. The lowest BCUT2D eigenvalue weighted by Crippen LogP contribution is -2.43. The van der Waals surface area contributed by atoms with Gasteiger partial charge in [0.2, 0.25) is 0 Å². The van der Waals surface area contributed by atoms with E-state index in [1.807, 2.05) is 13.8 Å². The first kappa shape index (κ1) is 13.5. The Bertz CT molecular complexity index is 210. The van der Waals surface area contributed by atoms with Gasteiger partial charge in [-0.05, 0) is 45.4 Å². The van der Waals surface area contributed by atoms with Crippen LogP contribution in [0.15, 0.2) is 0 Å². The summed E-state index contributed by atoms with van der Waals surface area (Å²) in [6.07, 6.45) is 6.28. The molecule has 1 N–H and O–H groups in total. The SMILES string of the molecule is CCOC(=O)C(C)NC1CCC(CC)CC1. The van der Waals surface area contributed by atoms with Crippen LogP contribution in [0.2, 0.25) is 0 Å². The third-order valence-electron chi connectivity index (χ3n) is 3.55. The van der Waals surface area contributed by atoms with Crippen LogP contribution in [0.3, 0.4) is 0 Å². The molecule has 1 unspecified atom stereocenters. The molecule has 0 heterocycles. The number of carbonyl (C=O) groups excluding carboxylic acids is 1. The minimum Gasteiger partial charge on any atom is -0.465 e. The molecule has 0 spiro atoms. The molecule has 1 saturated carbocycles. The van der Waals surface area contributed by atoms with Crippen LogP contribution in [0, 0.1) is 5.92 Å². The minimum atomic E-state index is -0.164. The summed E-state index contributed by atoms with van der Waals surface area (Å²) in [5.41, 5.74) is 0. The average molecular weight is 227 g/mol. The highest BCUT2D eigenvalue weighted by Crippen LogP contribution is 2.26. The van der Waals surface area contributed by atoms with Crippen LogP contribution in [0.5, 0.6) is 0 Å². The van der Waals surface area contributed by atoms with E-state index in [1.54, 1.807) is 0 Å². The van der Waals surface area contributed by atoms with Gasteiger partial charge in [0, 0.05) is 6.04 Å². The van der Waals surface area contributed by atoms with Crippen LogP contribution in [0.1, 0.15) is 52.9 Å². The molecule has 94 valence electrons. The largest absolute Gasteiger partial charge is 0.465 e. The van der Waals surface area contributed by atoms with E-state index in [0.717, 1.165) is 5.92 Å². The van der Waals surface area contributed by atoms with Crippen molar-refractivity contribution in [2.75, 3.05) is 6.61 Å². The Morgan fingerprint density at radius 2 is 1.94 bits per heavy atom. The maximum absolute atomic E-state index is 11.5. The fourth-order valence-corrected chi connectivity index (χ4v) is 2.43. The molecule has 3 nitrogen and oxygen atoms in total. The van der Waals surface area contributed by atoms with Crippen molar-refractivity contribution in [2.45, 2.75) is 65.0 Å². The van der Waals surface area contributed by atoms with E-state index in [-0.39, 0.29) is 12.0 Å². The first-order valence-electron chi connectivity index (χ1n) is 6.60. The lowest BCUT2D eigenvalue weighted by atomic mass is 9.84. The van der Waals surface area contributed by atoms with Crippen molar-refractivity contribution in [2.24, 2.45) is 5.92 Å². The van der Waals surface area contributed by atoms with Crippen molar-refractivity contribution >= 4 is 5.97 Å². The number of rotatable bonds is 5. The van der Waals surface area contributed by atoms with E-state index in [0.29, 0.717) is 12.6 Å². The number of hydrogen-bond acceptors (Lipinski definition) is 3. The molecule has 0 aromatic heterocycles. The maximum Gasteiger partial charge on any atom is 0.322 e.